The number of hydrogen-bond acceptors (Lipinski definition) is 4. The standard InChI is InChI=1S/C28H30N2O5/c31-25(32)17-12-16-14-24(22(16)13-17)29-26(33)28(10-5-11-28)30-27(34)35-15-23-20-8-3-1-6-18(20)19-7-2-4-9-21(19)23/h1-4,6-9,16-17,22-24H,5,10-15H2,(H,29,33)(H,30,34)(H,31,32)/t16-,17?,22-,24+/m0/s1. The molecule has 1 unspecified atom stereocenters. The Morgan fingerprint density at radius 2 is 1.60 bits per heavy atom. The number of nitrogens with one attached hydrogen (secondary N) is 2. The van der Waals surface area contributed by atoms with E-state index in [-0.39, 0.29) is 36.3 Å². The van der Waals surface area contributed by atoms with Crippen LogP contribution in [0.3, 0.4) is 0 Å². The number of carbonyl (C=O) groups excluding carboxylic acids is 2. The van der Waals surface area contributed by atoms with Crippen LogP contribution in [-0.2, 0) is 14.3 Å². The Balaban J connectivity index is 1.07. The van der Waals surface area contributed by atoms with Crippen LogP contribution in [0, 0.1) is 17.8 Å². The van der Waals surface area contributed by atoms with Crippen molar-refractivity contribution in [3.05, 3.63) is 59.7 Å². The van der Waals surface area contributed by atoms with Crippen LogP contribution >= 0.6 is 0 Å². The van der Waals surface area contributed by atoms with Crippen molar-refractivity contribution in [2.75, 3.05) is 6.61 Å². The number of carbonyl (C=O) groups is 3. The molecule has 3 fully saturated rings. The van der Waals surface area contributed by atoms with Crippen molar-refractivity contribution in [3.8, 4) is 11.1 Å². The molecule has 0 aromatic heterocycles. The van der Waals surface area contributed by atoms with Gasteiger partial charge in [-0.1, -0.05) is 48.5 Å². The third kappa shape index (κ3) is 3.68. The fourth-order valence-corrected chi connectivity index (χ4v) is 6.67. The normalized spacial score (nSPS) is 27.4. The van der Waals surface area contributed by atoms with Gasteiger partial charge >= 0.3 is 12.1 Å². The van der Waals surface area contributed by atoms with Crippen LogP contribution in [0.25, 0.3) is 11.1 Å². The van der Waals surface area contributed by atoms with Crippen molar-refractivity contribution < 1.29 is 24.2 Å². The van der Waals surface area contributed by atoms with Gasteiger partial charge in [-0.2, -0.15) is 0 Å². The van der Waals surface area contributed by atoms with Crippen LogP contribution in [-0.4, -0.2) is 41.3 Å². The lowest BCUT2D eigenvalue weighted by Crippen LogP contribution is -2.66. The number of fused-ring (bicyclic) bond motifs is 4. The molecule has 4 aliphatic rings. The van der Waals surface area contributed by atoms with Gasteiger partial charge < -0.3 is 20.5 Å². The molecular weight excluding hydrogens is 444 g/mol. The van der Waals surface area contributed by atoms with E-state index in [1.807, 2.05) is 24.3 Å². The predicted molar refractivity (Wildman–Crippen MR) is 129 cm³/mol. The number of ether oxygens (including phenoxy) is 1. The van der Waals surface area contributed by atoms with Crippen molar-refractivity contribution in [3.63, 3.8) is 0 Å². The van der Waals surface area contributed by atoms with Gasteiger partial charge in [0.2, 0.25) is 5.91 Å². The van der Waals surface area contributed by atoms with Gasteiger partial charge in [0, 0.05) is 12.0 Å². The number of rotatable bonds is 6. The number of benzene rings is 2. The van der Waals surface area contributed by atoms with Gasteiger partial charge in [0.25, 0.3) is 0 Å². The van der Waals surface area contributed by atoms with E-state index in [4.69, 9.17) is 4.74 Å². The van der Waals surface area contributed by atoms with Crippen molar-refractivity contribution in [2.24, 2.45) is 17.8 Å². The predicted octanol–water partition coefficient (Wildman–Crippen LogP) is 4.06. The summed E-state index contributed by atoms with van der Waals surface area (Å²) in [5.41, 5.74) is 3.70. The lowest BCUT2D eigenvalue weighted by molar-refractivity contribution is -0.141. The molecule has 35 heavy (non-hydrogen) atoms. The third-order valence-electron chi connectivity index (χ3n) is 8.82. The van der Waals surface area contributed by atoms with Gasteiger partial charge in [0.15, 0.2) is 0 Å². The number of aliphatic carboxylic acids is 1. The highest BCUT2D eigenvalue weighted by Crippen LogP contribution is 2.50. The smallest absolute Gasteiger partial charge is 0.408 e. The second-order valence-electron chi connectivity index (χ2n) is 10.6. The van der Waals surface area contributed by atoms with Crippen LogP contribution < -0.4 is 10.6 Å². The first-order chi connectivity index (χ1) is 16.9. The zero-order valence-corrected chi connectivity index (χ0v) is 19.5. The maximum Gasteiger partial charge on any atom is 0.408 e. The molecule has 0 spiro atoms. The minimum absolute atomic E-state index is 0.00126. The highest BCUT2D eigenvalue weighted by atomic mass is 16.5. The Morgan fingerprint density at radius 3 is 2.20 bits per heavy atom. The largest absolute Gasteiger partial charge is 0.481 e. The Morgan fingerprint density at radius 1 is 0.943 bits per heavy atom. The van der Waals surface area contributed by atoms with E-state index in [1.165, 1.54) is 11.1 Å². The third-order valence-corrected chi connectivity index (χ3v) is 8.82. The lowest BCUT2D eigenvalue weighted by atomic mass is 9.70. The van der Waals surface area contributed by atoms with Crippen molar-refractivity contribution in [2.45, 2.75) is 56.0 Å². The highest BCUT2D eigenvalue weighted by Gasteiger charge is 2.53. The molecule has 2 amide bonds. The Kier molecular flexibility index (Phi) is 5.31. The minimum Gasteiger partial charge on any atom is -0.481 e. The summed E-state index contributed by atoms with van der Waals surface area (Å²) >= 11 is 0. The second-order valence-corrected chi connectivity index (χ2v) is 10.6. The van der Waals surface area contributed by atoms with E-state index in [9.17, 15) is 19.5 Å². The maximum atomic E-state index is 13.2. The van der Waals surface area contributed by atoms with Crippen LogP contribution in [0.2, 0.25) is 0 Å². The van der Waals surface area contributed by atoms with Crippen molar-refractivity contribution in [1.29, 1.82) is 0 Å². The van der Waals surface area contributed by atoms with E-state index >= 15 is 0 Å². The van der Waals surface area contributed by atoms with Gasteiger partial charge in [0.05, 0.1) is 5.92 Å². The quantitative estimate of drug-likeness (QED) is 0.586. The maximum absolute atomic E-state index is 13.2. The van der Waals surface area contributed by atoms with E-state index in [0.29, 0.717) is 31.6 Å². The Hall–Kier alpha value is -3.35. The topological polar surface area (TPSA) is 105 Å². The molecule has 3 N–H and O–H groups in total. The summed E-state index contributed by atoms with van der Waals surface area (Å²) in [6, 6.07) is 16.4. The van der Waals surface area contributed by atoms with Gasteiger partial charge in [0.1, 0.15) is 12.1 Å². The minimum atomic E-state index is -0.932. The van der Waals surface area contributed by atoms with E-state index in [1.54, 1.807) is 0 Å². The zero-order valence-electron chi connectivity index (χ0n) is 19.5. The van der Waals surface area contributed by atoms with Crippen molar-refractivity contribution >= 4 is 18.0 Å². The number of hydrogen-bond donors (Lipinski definition) is 3. The fraction of sp³-hybridized carbons (Fsp3) is 0.464. The lowest BCUT2D eigenvalue weighted by Gasteiger charge is -2.46. The van der Waals surface area contributed by atoms with E-state index in [2.05, 4.69) is 34.9 Å². The van der Waals surface area contributed by atoms with Crippen LogP contribution in [0.15, 0.2) is 48.5 Å². The highest BCUT2D eigenvalue weighted by molar-refractivity contribution is 5.91. The molecule has 2 aromatic rings. The summed E-state index contributed by atoms with van der Waals surface area (Å²) in [7, 11) is 0. The van der Waals surface area contributed by atoms with E-state index < -0.39 is 17.6 Å². The van der Waals surface area contributed by atoms with Crippen LogP contribution in [0.1, 0.15) is 55.6 Å². The fourth-order valence-electron chi connectivity index (χ4n) is 6.67. The molecule has 3 saturated carbocycles. The first-order valence-electron chi connectivity index (χ1n) is 12.6. The summed E-state index contributed by atoms with van der Waals surface area (Å²) in [4.78, 5) is 37.3. The summed E-state index contributed by atoms with van der Waals surface area (Å²) in [6.45, 7) is 0.209. The zero-order chi connectivity index (χ0) is 24.2. The monoisotopic (exact) mass is 474 g/mol. The molecule has 7 heteroatoms. The summed E-state index contributed by atoms with van der Waals surface area (Å²) in [5.74, 6) is -0.629. The molecule has 4 aliphatic carbocycles. The number of carboxylic acid groups (broad SMARTS) is 1. The molecule has 0 saturated heterocycles. The van der Waals surface area contributed by atoms with Gasteiger partial charge in [-0.05, 0) is 72.6 Å². The molecule has 0 radical (unpaired) electrons. The average Bonchev–Trinajstić information content (AvgIpc) is 3.33. The second kappa shape index (κ2) is 8.40. The molecule has 0 aliphatic heterocycles. The summed E-state index contributed by atoms with van der Waals surface area (Å²) in [5, 5.41) is 15.3. The number of carboxylic acids is 1. The van der Waals surface area contributed by atoms with Crippen molar-refractivity contribution in [1.82, 2.24) is 10.6 Å². The van der Waals surface area contributed by atoms with E-state index in [0.717, 1.165) is 24.0 Å². The molecule has 4 atom stereocenters. The molecular formula is C28H30N2O5. The first-order valence-corrected chi connectivity index (χ1v) is 12.6. The summed E-state index contributed by atoms with van der Waals surface area (Å²) < 4.78 is 5.68. The molecule has 0 bridgehead atoms. The van der Waals surface area contributed by atoms with Gasteiger partial charge in [-0.15, -0.1) is 0 Å². The van der Waals surface area contributed by atoms with Gasteiger partial charge in [-0.25, -0.2) is 4.79 Å². The molecule has 2 aromatic carbocycles. The first kappa shape index (κ1) is 22.1. The SMILES string of the molecule is O=C(NC1(C(=O)N[C@@H]2C[C@@H]3CC(C(=O)O)C[C@@H]32)CCC1)OCC1c2ccccc2-c2ccccc21. The average molecular weight is 475 g/mol. The van der Waals surface area contributed by atoms with Gasteiger partial charge in [-0.3, -0.25) is 9.59 Å². The van der Waals surface area contributed by atoms with Crippen LogP contribution in [0.5, 0.6) is 0 Å². The molecule has 0 heterocycles. The van der Waals surface area contributed by atoms with Crippen LogP contribution in [0.4, 0.5) is 4.79 Å². The Bertz CT molecular complexity index is 1140. The molecule has 6 rings (SSSR count). The molecule has 182 valence electrons. The molecule has 7 nitrogen and oxygen atoms in total. The Labute approximate surface area is 204 Å². The number of alkyl carbamates (subject to hydrolysis) is 1. The summed E-state index contributed by atoms with van der Waals surface area (Å²) in [6.07, 6.45) is 3.62. The number of amides is 2.